The van der Waals surface area contributed by atoms with Crippen LogP contribution in [0.4, 0.5) is 0 Å². The molecule has 1 aliphatic rings. The first-order valence-electron chi connectivity index (χ1n) is 10.3. The first kappa shape index (κ1) is 24.6. The van der Waals surface area contributed by atoms with E-state index < -0.39 is 0 Å². The lowest BCUT2D eigenvalue weighted by Gasteiger charge is -2.33. The molecule has 0 saturated carbocycles. The van der Waals surface area contributed by atoms with Crippen molar-refractivity contribution in [3.05, 3.63) is 16.1 Å². The maximum absolute atomic E-state index is 4.69. The summed E-state index contributed by atoms with van der Waals surface area (Å²) in [5.41, 5.74) is 1.17. The van der Waals surface area contributed by atoms with Gasteiger partial charge >= 0.3 is 0 Å². The summed E-state index contributed by atoms with van der Waals surface area (Å²) in [6.07, 6.45) is 6.57. The number of nitrogens with zero attached hydrogens (tertiary/aromatic N) is 3. The first-order valence-corrected chi connectivity index (χ1v) is 11.2. The lowest BCUT2D eigenvalue weighted by Crippen LogP contribution is -2.39. The molecule has 1 aromatic rings. The van der Waals surface area contributed by atoms with Crippen LogP contribution in [-0.2, 0) is 6.54 Å². The predicted octanol–water partition coefficient (Wildman–Crippen LogP) is 4.59. The van der Waals surface area contributed by atoms with Gasteiger partial charge in [-0.2, -0.15) is 0 Å². The number of aromatic nitrogens is 1. The van der Waals surface area contributed by atoms with Gasteiger partial charge in [-0.05, 0) is 58.5 Å². The van der Waals surface area contributed by atoms with E-state index in [1.165, 1.54) is 50.9 Å². The minimum atomic E-state index is 0. The van der Waals surface area contributed by atoms with Gasteiger partial charge in [0.05, 0.1) is 12.2 Å². The fourth-order valence-electron chi connectivity index (χ4n) is 3.29. The van der Waals surface area contributed by atoms with Crippen LogP contribution in [0.2, 0.25) is 0 Å². The van der Waals surface area contributed by atoms with Gasteiger partial charge in [0.2, 0.25) is 0 Å². The predicted molar refractivity (Wildman–Crippen MR) is 129 cm³/mol. The van der Waals surface area contributed by atoms with Crippen molar-refractivity contribution in [2.75, 3.05) is 26.2 Å². The SMILES string of the molecule is CCNC(=NCc1nc(C(C)C)cs1)NCCCCN1CCCCC1C.I. The summed E-state index contributed by atoms with van der Waals surface area (Å²) < 4.78 is 0. The van der Waals surface area contributed by atoms with Crippen molar-refractivity contribution in [3.8, 4) is 0 Å². The van der Waals surface area contributed by atoms with E-state index in [2.05, 4.69) is 58.6 Å². The molecule has 0 radical (unpaired) electrons. The first-order chi connectivity index (χ1) is 12.6. The summed E-state index contributed by atoms with van der Waals surface area (Å²) in [6, 6.07) is 0.768. The number of rotatable bonds is 9. The monoisotopic (exact) mass is 507 g/mol. The number of thiazole rings is 1. The molecule has 1 fully saturated rings. The normalized spacial score (nSPS) is 18.4. The molecule has 0 bridgehead atoms. The number of likely N-dealkylation sites (tertiary alicyclic amines) is 1. The number of piperidine rings is 1. The fourth-order valence-corrected chi connectivity index (χ4v) is 4.17. The molecule has 0 aromatic carbocycles. The standard InChI is InChI=1S/C20H37N5S.HI/c1-5-21-20(23-14-19-24-18(15-26-19)16(2)3)22-11-7-9-13-25-12-8-6-10-17(25)4;/h15-17H,5-14H2,1-4H3,(H2,21,22,23);1H. The molecule has 156 valence electrons. The number of nitrogens with one attached hydrogen (secondary N) is 2. The maximum atomic E-state index is 4.69. The second-order valence-electron chi connectivity index (χ2n) is 7.53. The Kier molecular flexibility index (Phi) is 12.5. The molecule has 0 amide bonds. The Morgan fingerprint density at radius 2 is 2.15 bits per heavy atom. The Bertz CT molecular complexity index is 546. The molecule has 27 heavy (non-hydrogen) atoms. The number of hydrogen-bond donors (Lipinski definition) is 2. The molecule has 2 N–H and O–H groups in total. The third-order valence-electron chi connectivity index (χ3n) is 4.98. The van der Waals surface area contributed by atoms with Gasteiger partial charge in [0.1, 0.15) is 5.01 Å². The average Bonchev–Trinajstić information content (AvgIpc) is 3.10. The molecule has 0 spiro atoms. The van der Waals surface area contributed by atoms with Crippen LogP contribution < -0.4 is 10.6 Å². The zero-order valence-electron chi connectivity index (χ0n) is 17.5. The third-order valence-corrected chi connectivity index (χ3v) is 5.83. The van der Waals surface area contributed by atoms with Crippen LogP contribution in [-0.4, -0.2) is 48.1 Å². The number of halogens is 1. The quantitative estimate of drug-likeness (QED) is 0.222. The van der Waals surface area contributed by atoms with Gasteiger partial charge in [-0.3, -0.25) is 0 Å². The molecule has 2 heterocycles. The van der Waals surface area contributed by atoms with Crippen LogP contribution in [0.25, 0.3) is 0 Å². The topological polar surface area (TPSA) is 52.6 Å². The highest BCUT2D eigenvalue weighted by Gasteiger charge is 2.16. The van der Waals surface area contributed by atoms with E-state index in [0.29, 0.717) is 12.5 Å². The smallest absolute Gasteiger partial charge is 0.191 e. The van der Waals surface area contributed by atoms with E-state index in [1.807, 2.05) is 0 Å². The maximum Gasteiger partial charge on any atom is 0.191 e. The number of unbranched alkanes of at least 4 members (excludes halogenated alkanes) is 1. The summed E-state index contributed by atoms with van der Waals surface area (Å²) >= 11 is 1.71. The Labute approximate surface area is 186 Å². The van der Waals surface area contributed by atoms with Crippen molar-refractivity contribution >= 4 is 41.3 Å². The van der Waals surface area contributed by atoms with E-state index in [0.717, 1.165) is 30.1 Å². The summed E-state index contributed by atoms with van der Waals surface area (Å²) in [4.78, 5) is 12.0. The Morgan fingerprint density at radius 1 is 1.33 bits per heavy atom. The second-order valence-corrected chi connectivity index (χ2v) is 8.47. The molecule has 1 aliphatic heterocycles. The van der Waals surface area contributed by atoms with Crippen LogP contribution in [0.15, 0.2) is 10.4 Å². The van der Waals surface area contributed by atoms with Gasteiger partial charge in [0.15, 0.2) is 5.96 Å². The lowest BCUT2D eigenvalue weighted by molar-refractivity contribution is 0.158. The summed E-state index contributed by atoms with van der Waals surface area (Å²) in [5.74, 6) is 1.39. The largest absolute Gasteiger partial charge is 0.357 e. The molecule has 1 saturated heterocycles. The van der Waals surface area contributed by atoms with Crippen LogP contribution in [0.3, 0.4) is 0 Å². The third kappa shape index (κ3) is 9.09. The number of guanidine groups is 1. The van der Waals surface area contributed by atoms with Crippen molar-refractivity contribution in [3.63, 3.8) is 0 Å². The van der Waals surface area contributed by atoms with Crippen molar-refractivity contribution in [1.82, 2.24) is 20.5 Å². The average molecular weight is 508 g/mol. The Balaban J connectivity index is 0.00000364. The molecule has 1 atom stereocenters. The zero-order valence-corrected chi connectivity index (χ0v) is 20.6. The number of hydrogen-bond acceptors (Lipinski definition) is 4. The summed E-state index contributed by atoms with van der Waals surface area (Å²) in [5, 5.41) is 10.0. The van der Waals surface area contributed by atoms with Gasteiger partial charge < -0.3 is 15.5 Å². The molecule has 1 aromatic heterocycles. The van der Waals surface area contributed by atoms with Crippen LogP contribution in [0.5, 0.6) is 0 Å². The minimum absolute atomic E-state index is 0. The molecule has 7 heteroatoms. The molecule has 0 aliphatic carbocycles. The van der Waals surface area contributed by atoms with Crippen LogP contribution >= 0.6 is 35.3 Å². The number of aliphatic imine (C=N–C) groups is 1. The van der Waals surface area contributed by atoms with Crippen LogP contribution in [0.1, 0.15) is 76.4 Å². The van der Waals surface area contributed by atoms with Gasteiger partial charge in [0, 0.05) is 24.5 Å². The van der Waals surface area contributed by atoms with E-state index >= 15 is 0 Å². The van der Waals surface area contributed by atoms with Gasteiger partial charge in [-0.25, -0.2) is 9.98 Å². The van der Waals surface area contributed by atoms with E-state index in [4.69, 9.17) is 0 Å². The highest BCUT2D eigenvalue weighted by atomic mass is 127. The molecule has 1 unspecified atom stereocenters. The van der Waals surface area contributed by atoms with E-state index in [-0.39, 0.29) is 24.0 Å². The molecular weight excluding hydrogens is 469 g/mol. The fraction of sp³-hybridized carbons (Fsp3) is 0.800. The van der Waals surface area contributed by atoms with Crippen molar-refractivity contribution < 1.29 is 0 Å². The molecule has 2 rings (SSSR count). The Morgan fingerprint density at radius 3 is 2.81 bits per heavy atom. The zero-order chi connectivity index (χ0) is 18.8. The highest BCUT2D eigenvalue weighted by molar-refractivity contribution is 14.0. The summed E-state index contributed by atoms with van der Waals surface area (Å²) in [7, 11) is 0. The van der Waals surface area contributed by atoms with E-state index in [1.54, 1.807) is 11.3 Å². The summed E-state index contributed by atoms with van der Waals surface area (Å²) in [6.45, 7) is 13.9. The van der Waals surface area contributed by atoms with Gasteiger partial charge in [-0.15, -0.1) is 35.3 Å². The Hall–Kier alpha value is -0.410. The molecular formula is C20H38IN5S. The highest BCUT2D eigenvalue weighted by Crippen LogP contribution is 2.18. The minimum Gasteiger partial charge on any atom is -0.357 e. The lowest BCUT2D eigenvalue weighted by atomic mass is 10.0. The van der Waals surface area contributed by atoms with Gasteiger partial charge in [-0.1, -0.05) is 20.3 Å². The molecule has 5 nitrogen and oxygen atoms in total. The van der Waals surface area contributed by atoms with Crippen molar-refractivity contribution in [1.29, 1.82) is 0 Å². The van der Waals surface area contributed by atoms with Crippen molar-refractivity contribution in [2.24, 2.45) is 4.99 Å². The van der Waals surface area contributed by atoms with Crippen molar-refractivity contribution in [2.45, 2.75) is 78.3 Å². The second kappa shape index (κ2) is 13.7. The van der Waals surface area contributed by atoms with Gasteiger partial charge in [0.25, 0.3) is 0 Å². The van der Waals surface area contributed by atoms with Crippen LogP contribution in [0, 0.1) is 0 Å². The van der Waals surface area contributed by atoms with E-state index in [9.17, 15) is 0 Å².